The zero-order valence-electron chi connectivity index (χ0n) is 11.7. The summed E-state index contributed by atoms with van der Waals surface area (Å²) >= 11 is 0. The molecule has 0 N–H and O–H groups in total. The lowest BCUT2D eigenvalue weighted by Gasteiger charge is -2.35. The molecule has 0 unspecified atom stereocenters. The molecule has 0 radical (unpaired) electrons. The van der Waals surface area contributed by atoms with Crippen LogP contribution in [-0.2, 0) is 11.8 Å². The van der Waals surface area contributed by atoms with Crippen molar-refractivity contribution in [3.8, 4) is 0 Å². The van der Waals surface area contributed by atoms with Crippen LogP contribution in [0.4, 0.5) is 0 Å². The van der Waals surface area contributed by atoms with Gasteiger partial charge in [-0.2, -0.15) is 0 Å². The van der Waals surface area contributed by atoms with E-state index in [1.54, 1.807) is 0 Å². The Hall–Kier alpha value is -1.56. The molecule has 0 heterocycles. The van der Waals surface area contributed by atoms with Gasteiger partial charge in [0.05, 0.1) is 0 Å². The molecular weight excluding hydrogens is 216 g/mol. The Labute approximate surface area is 110 Å². The highest BCUT2D eigenvalue weighted by Crippen LogP contribution is 2.41. The maximum absolute atomic E-state index is 2.36. The first-order chi connectivity index (χ1) is 8.48. The van der Waals surface area contributed by atoms with E-state index < -0.39 is 0 Å². The van der Waals surface area contributed by atoms with Crippen LogP contribution in [0.1, 0.15) is 47.2 Å². The number of fused-ring (bicyclic) bond motifs is 2. The third-order valence-electron chi connectivity index (χ3n) is 4.25. The molecule has 0 aromatic heterocycles. The van der Waals surface area contributed by atoms with Crippen LogP contribution < -0.4 is 0 Å². The minimum atomic E-state index is 0.128. The van der Waals surface area contributed by atoms with Gasteiger partial charge in [-0.15, -0.1) is 0 Å². The van der Waals surface area contributed by atoms with Crippen LogP contribution >= 0.6 is 0 Å². The number of hydrogen-bond acceptors (Lipinski definition) is 0. The summed E-state index contributed by atoms with van der Waals surface area (Å²) in [5.41, 5.74) is 8.82. The van der Waals surface area contributed by atoms with Crippen molar-refractivity contribution >= 4 is 0 Å². The van der Waals surface area contributed by atoms with Gasteiger partial charge in [0.15, 0.2) is 0 Å². The highest BCUT2D eigenvalue weighted by atomic mass is 14.4. The SMILES string of the molecule is Cc1ccc2c(c1)Cc1ccc(C)cc1C2(C)C. The molecule has 1 aliphatic carbocycles. The van der Waals surface area contributed by atoms with E-state index in [2.05, 4.69) is 64.1 Å². The quantitative estimate of drug-likeness (QED) is 0.630. The van der Waals surface area contributed by atoms with Crippen molar-refractivity contribution < 1.29 is 0 Å². The molecule has 0 saturated carbocycles. The van der Waals surface area contributed by atoms with Crippen molar-refractivity contribution in [1.82, 2.24) is 0 Å². The molecule has 0 spiro atoms. The Morgan fingerprint density at radius 2 is 1.44 bits per heavy atom. The third-order valence-corrected chi connectivity index (χ3v) is 4.25. The molecule has 2 aromatic rings. The summed E-state index contributed by atoms with van der Waals surface area (Å²) in [6, 6.07) is 13.8. The highest BCUT2D eigenvalue weighted by molar-refractivity contribution is 5.54. The fraction of sp³-hybridized carbons (Fsp3) is 0.333. The molecule has 0 heteroatoms. The van der Waals surface area contributed by atoms with Crippen molar-refractivity contribution in [2.45, 2.75) is 39.5 Å². The molecule has 1 aliphatic rings. The van der Waals surface area contributed by atoms with E-state index in [0.29, 0.717) is 0 Å². The first kappa shape index (κ1) is 11.5. The molecule has 2 aromatic carbocycles. The summed E-state index contributed by atoms with van der Waals surface area (Å²) in [7, 11) is 0. The van der Waals surface area contributed by atoms with E-state index in [-0.39, 0.29) is 5.41 Å². The van der Waals surface area contributed by atoms with Gasteiger partial charge < -0.3 is 0 Å². The predicted octanol–water partition coefficient (Wildman–Crippen LogP) is 4.53. The minimum absolute atomic E-state index is 0.128. The van der Waals surface area contributed by atoms with Crippen molar-refractivity contribution in [2.24, 2.45) is 0 Å². The molecule has 0 amide bonds. The van der Waals surface area contributed by atoms with E-state index >= 15 is 0 Å². The topological polar surface area (TPSA) is 0 Å². The van der Waals surface area contributed by atoms with E-state index in [9.17, 15) is 0 Å². The summed E-state index contributed by atoms with van der Waals surface area (Å²) in [4.78, 5) is 0. The molecule has 3 rings (SSSR count). The van der Waals surface area contributed by atoms with Gasteiger partial charge in [-0.1, -0.05) is 61.4 Å². The zero-order chi connectivity index (χ0) is 12.9. The first-order valence-corrected chi connectivity index (χ1v) is 6.68. The summed E-state index contributed by atoms with van der Waals surface area (Å²) in [6.07, 6.45) is 1.08. The average Bonchev–Trinajstić information content (AvgIpc) is 2.30. The van der Waals surface area contributed by atoms with Gasteiger partial charge in [-0.3, -0.25) is 0 Å². The molecule has 0 fully saturated rings. The summed E-state index contributed by atoms with van der Waals surface area (Å²) in [6.45, 7) is 9.05. The molecule has 92 valence electrons. The fourth-order valence-electron chi connectivity index (χ4n) is 3.26. The molecule has 0 aliphatic heterocycles. The standard InChI is InChI=1S/C18H20/c1-12-6-8-16-15(9-12)11-14-7-5-13(2)10-17(14)18(16,3)4/h5-10H,11H2,1-4H3. The summed E-state index contributed by atoms with van der Waals surface area (Å²) in [5, 5.41) is 0. The second-order valence-corrected chi connectivity index (χ2v) is 6.12. The minimum Gasteiger partial charge on any atom is -0.0590 e. The van der Waals surface area contributed by atoms with Crippen molar-refractivity contribution in [3.63, 3.8) is 0 Å². The van der Waals surface area contributed by atoms with Crippen LogP contribution in [0.25, 0.3) is 0 Å². The monoisotopic (exact) mass is 236 g/mol. The molecule has 18 heavy (non-hydrogen) atoms. The lowest BCUT2D eigenvalue weighted by Crippen LogP contribution is -2.27. The van der Waals surface area contributed by atoms with Crippen LogP contribution in [0.2, 0.25) is 0 Å². The van der Waals surface area contributed by atoms with Gasteiger partial charge in [0.25, 0.3) is 0 Å². The van der Waals surface area contributed by atoms with Gasteiger partial charge in [0.1, 0.15) is 0 Å². The van der Waals surface area contributed by atoms with E-state index in [1.807, 2.05) is 0 Å². The molecule has 0 nitrogen and oxygen atoms in total. The van der Waals surface area contributed by atoms with Crippen molar-refractivity contribution in [1.29, 1.82) is 0 Å². The molecule has 0 atom stereocenters. The van der Waals surface area contributed by atoms with Gasteiger partial charge in [-0.05, 0) is 42.5 Å². The smallest absolute Gasteiger partial charge is 0.0152 e. The van der Waals surface area contributed by atoms with Gasteiger partial charge >= 0.3 is 0 Å². The third kappa shape index (κ3) is 1.59. The lowest BCUT2D eigenvalue weighted by atomic mass is 9.68. The summed E-state index contributed by atoms with van der Waals surface area (Å²) < 4.78 is 0. The maximum Gasteiger partial charge on any atom is 0.0152 e. The Morgan fingerprint density at radius 3 is 2.22 bits per heavy atom. The van der Waals surface area contributed by atoms with E-state index in [4.69, 9.17) is 0 Å². The average molecular weight is 236 g/mol. The number of aryl methyl sites for hydroxylation is 2. The zero-order valence-corrected chi connectivity index (χ0v) is 11.7. The van der Waals surface area contributed by atoms with Crippen molar-refractivity contribution in [2.75, 3.05) is 0 Å². The number of benzene rings is 2. The van der Waals surface area contributed by atoms with Gasteiger partial charge in [0.2, 0.25) is 0 Å². The Kier molecular flexibility index (Phi) is 2.38. The van der Waals surface area contributed by atoms with Crippen LogP contribution in [0.3, 0.4) is 0 Å². The second-order valence-electron chi connectivity index (χ2n) is 6.12. The van der Waals surface area contributed by atoms with E-state index in [1.165, 1.54) is 33.4 Å². The Bertz CT molecular complexity index is 618. The predicted molar refractivity (Wildman–Crippen MR) is 77.3 cm³/mol. The second kappa shape index (κ2) is 3.71. The van der Waals surface area contributed by atoms with Crippen LogP contribution in [0, 0.1) is 13.8 Å². The van der Waals surface area contributed by atoms with Crippen LogP contribution in [-0.4, -0.2) is 0 Å². The van der Waals surface area contributed by atoms with Gasteiger partial charge in [-0.25, -0.2) is 0 Å². The maximum atomic E-state index is 2.36. The molecule has 0 saturated heterocycles. The van der Waals surface area contributed by atoms with Crippen LogP contribution in [0.15, 0.2) is 36.4 Å². The Morgan fingerprint density at radius 1 is 0.778 bits per heavy atom. The van der Waals surface area contributed by atoms with Crippen LogP contribution in [0.5, 0.6) is 0 Å². The largest absolute Gasteiger partial charge is 0.0590 e. The number of rotatable bonds is 0. The fourth-order valence-corrected chi connectivity index (χ4v) is 3.26. The Balaban J connectivity index is 2.26. The highest BCUT2D eigenvalue weighted by Gasteiger charge is 2.32. The normalized spacial score (nSPS) is 16.0. The number of hydrogen-bond donors (Lipinski definition) is 0. The molecule has 0 bridgehead atoms. The summed E-state index contributed by atoms with van der Waals surface area (Å²) in [5.74, 6) is 0. The first-order valence-electron chi connectivity index (χ1n) is 6.68. The lowest BCUT2D eigenvalue weighted by molar-refractivity contribution is 0.609. The van der Waals surface area contributed by atoms with Crippen molar-refractivity contribution in [3.05, 3.63) is 69.8 Å². The van der Waals surface area contributed by atoms with E-state index in [0.717, 1.165) is 6.42 Å². The van der Waals surface area contributed by atoms with Gasteiger partial charge in [0, 0.05) is 5.41 Å². The molecular formula is C18H20.